The Morgan fingerprint density at radius 1 is 1.27 bits per heavy atom. The smallest absolute Gasteiger partial charge is 0.233 e. The van der Waals surface area contributed by atoms with Gasteiger partial charge in [-0.05, 0) is 55.7 Å². The van der Waals surface area contributed by atoms with Crippen LogP contribution in [-0.4, -0.2) is 46.3 Å². The molecule has 2 aliphatic heterocycles. The average Bonchev–Trinajstić information content (AvgIpc) is 3.31. The highest BCUT2D eigenvalue weighted by Crippen LogP contribution is 2.31. The lowest BCUT2D eigenvalue weighted by Gasteiger charge is -2.27. The van der Waals surface area contributed by atoms with Crippen molar-refractivity contribution in [2.75, 3.05) is 42.7 Å². The summed E-state index contributed by atoms with van der Waals surface area (Å²) >= 11 is 0. The number of benzene rings is 2. The zero-order valence-electron chi connectivity index (χ0n) is 24.4. The van der Waals surface area contributed by atoms with Gasteiger partial charge in [0.2, 0.25) is 5.91 Å². The number of ether oxygens (including phenoxy) is 1. The van der Waals surface area contributed by atoms with E-state index in [1.807, 2.05) is 76.4 Å². The summed E-state index contributed by atoms with van der Waals surface area (Å²) in [6.07, 6.45) is 7.79. The van der Waals surface area contributed by atoms with Gasteiger partial charge in [-0.3, -0.25) is 9.52 Å². The van der Waals surface area contributed by atoms with Crippen molar-refractivity contribution in [3.63, 3.8) is 0 Å². The summed E-state index contributed by atoms with van der Waals surface area (Å²) in [4.78, 5) is 14.0. The first-order chi connectivity index (χ1) is 19.7. The van der Waals surface area contributed by atoms with Crippen molar-refractivity contribution in [1.82, 2.24) is 4.72 Å². The number of rotatable bonds is 9. The van der Waals surface area contributed by atoms with Gasteiger partial charge in [0.25, 0.3) is 0 Å². The molecule has 3 atom stereocenters. The van der Waals surface area contributed by atoms with Gasteiger partial charge < -0.3 is 20.7 Å². The molecule has 0 aromatic heterocycles. The van der Waals surface area contributed by atoms with Gasteiger partial charge in [-0.1, -0.05) is 56.4 Å². The van der Waals surface area contributed by atoms with Crippen molar-refractivity contribution in [2.24, 2.45) is 5.14 Å². The average molecular weight is 602 g/mol. The summed E-state index contributed by atoms with van der Waals surface area (Å²) in [6, 6.07) is 13.1. The molecule has 0 bridgehead atoms. The third-order valence-corrected chi connectivity index (χ3v) is 8.37. The molecule has 0 saturated carbocycles. The summed E-state index contributed by atoms with van der Waals surface area (Å²) < 4.78 is 30.8. The standard InChI is InChI=1S/C19H25N3O2S.C9H12N2O2S.C2H6/c1-3-15(18-13-19(23)22-25(18)24)11-10-14(2)7-6-12-21-17-9-5-4-8-16(17)20;1-11-4-5-13-9-6-7(14(10)12)2-3-8(9)11;1-2/h3-5,8-11,18,21H,2,6-7,12-13,20H2,1H3,(H,22,23);2-3,6H,4-5,10H2,1H3;1-2H3/b11-10-,15-3+;;. The fourth-order valence-electron chi connectivity index (χ4n) is 4.06. The molecule has 6 N–H and O–H groups in total. The maximum Gasteiger partial charge on any atom is 0.233 e. The van der Waals surface area contributed by atoms with Gasteiger partial charge >= 0.3 is 0 Å². The summed E-state index contributed by atoms with van der Waals surface area (Å²) in [5.74, 6) is 0.594. The van der Waals surface area contributed by atoms with Crippen molar-refractivity contribution in [1.29, 1.82) is 0 Å². The third kappa shape index (κ3) is 10.5. The van der Waals surface area contributed by atoms with Crippen LogP contribution in [0.5, 0.6) is 5.75 Å². The lowest BCUT2D eigenvalue weighted by Crippen LogP contribution is -2.28. The molecule has 2 heterocycles. The summed E-state index contributed by atoms with van der Waals surface area (Å²) in [7, 11) is -0.773. The molecule has 9 nitrogen and oxygen atoms in total. The van der Waals surface area contributed by atoms with Crippen LogP contribution in [0.4, 0.5) is 17.1 Å². The van der Waals surface area contributed by atoms with Crippen molar-refractivity contribution < 1.29 is 17.9 Å². The van der Waals surface area contributed by atoms with Crippen molar-refractivity contribution >= 4 is 44.9 Å². The Morgan fingerprint density at radius 3 is 2.63 bits per heavy atom. The number of nitrogens with one attached hydrogen (secondary N) is 2. The number of hydrogen-bond donors (Lipinski definition) is 4. The van der Waals surface area contributed by atoms with Gasteiger partial charge in [-0.25, -0.2) is 13.6 Å². The Kier molecular flexibility index (Phi) is 14.4. The molecule has 1 saturated heterocycles. The van der Waals surface area contributed by atoms with Crippen LogP contribution >= 0.6 is 0 Å². The number of hydrogen-bond acceptors (Lipinski definition) is 7. The molecule has 4 rings (SSSR count). The third-order valence-electron chi connectivity index (χ3n) is 6.27. The van der Waals surface area contributed by atoms with E-state index in [1.165, 1.54) is 0 Å². The SMILES string of the molecule is C=C(/C=C\C(=C/C)C1CC(=O)NS1=O)CCCNc1ccccc1N.CC.CN1CCOc2cc(S(N)=O)ccc21. The van der Waals surface area contributed by atoms with E-state index in [0.717, 1.165) is 59.9 Å². The van der Waals surface area contributed by atoms with Gasteiger partial charge in [-0.2, -0.15) is 0 Å². The van der Waals surface area contributed by atoms with E-state index < -0.39 is 22.0 Å². The van der Waals surface area contributed by atoms with E-state index in [9.17, 15) is 13.2 Å². The molecular formula is C30H43N5O4S2. The molecule has 2 aromatic rings. The first-order valence-corrected chi connectivity index (χ1v) is 16.1. The predicted octanol–water partition coefficient (Wildman–Crippen LogP) is 4.59. The number of anilines is 3. The maximum absolute atomic E-state index is 11.9. The Morgan fingerprint density at radius 2 is 2.00 bits per heavy atom. The molecule has 2 aromatic carbocycles. The van der Waals surface area contributed by atoms with Gasteiger partial charge in [0.1, 0.15) is 34.3 Å². The lowest BCUT2D eigenvalue weighted by molar-refractivity contribution is -0.118. The van der Waals surface area contributed by atoms with Crippen LogP contribution in [0, 0.1) is 0 Å². The molecule has 3 unspecified atom stereocenters. The van der Waals surface area contributed by atoms with Crippen molar-refractivity contribution in [2.45, 2.75) is 50.2 Å². The van der Waals surface area contributed by atoms with E-state index in [-0.39, 0.29) is 17.6 Å². The number of allylic oxidation sites excluding steroid dienone is 4. The maximum atomic E-state index is 11.9. The minimum Gasteiger partial charge on any atom is -0.490 e. The number of likely N-dealkylation sites (N-methyl/N-ethyl adjacent to an activating group) is 1. The van der Waals surface area contributed by atoms with E-state index in [2.05, 4.69) is 21.5 Å². The zero-order chi connectivity index (χ0) is 30.4. The van der Waals surface area contributed by atoms with Gasteiger partial charge in [0, 0.05) is 20.0 Å². The lowest BCUT2D eigenvalue weighted by atomic mass is 10.1. The second kappa shape index (κ2) is 17.4. The second-order valence-electron chi connectivity index (χ2n) is 9.11. The number of para-hydroxylation sites is 2. The molecule has 224 valence electrons. The molecule has 2 aliphatic rings. The highest BCUT2D eigenvalue weighted by molar-refractivity contribution is 7.85. The fourth-order valence-corrected chi connectivity index (χ4v) is 5.70. The van der Waals surface area contributed by atoms with Crippen LogP contribution in [0.1, 0.15) is 40.0 Å². The molecule has 1 amide bonds. The van der Waals surface area contributed by atoms with E-state index >= 15 is 0 Å². The highest BCUT2D eigenvalue weighted by atomic mass is 32.2. The number of nitrogens with zero attached hydrogens (tertiary/aromatic N) is 1. The summed E-state index contributed by atoms with van der Waals surface area (Å²) in [5.41, 5.74) is 10.5. The van der Waals surface area contributed by atoms with Gasteiger partial charge in [0.15, 0.2) is 0 Å². The van der Waals surface area contributed by atoms with E-state index in [4.69, 9.17) is 15.6 Å². The Hall–Kier alpha value is -3.41. The summed E-state index contributed by atoms with van der Waals surface area (Å²) in [6.45, 7) is 12.3. The number of carbonyl (C=O) groups is 1. The predicted molar refractivity (Wildman–Crippen MR) is 172 cm³/mol. The highest BCUT2D eigenvalue weighted by Gasteiger charge is 2.30. The number of carbonyl (C=O) groups excluding carboxylic acids is 1. The quantitative estimate of drug-likeness (QED) is 0.187. The first kappa shape index (κ1) is 33.8. The molecule has 11 heteroatoms. The number of fused-ring (bicyclic) bond motifs is 1. The number of nitrogen functional groups attached to an aromatic ring is 1. The molecular weight excluding hydrogens is 558 g/mol. The summed E-state index contributed by atoms with van der Waals surface area (Å²) in [5, 5.41) is 8.32. The second-order valence-corrected chi connectivity index (χ2v) is 11.5. The zero-order valence-corrected chi connectivity index (χ0v) is 26.0. The van der Waals surface area contributed by atoms with Crippen LogP contribution in [0.2, 0.25) is 0 Å². The molecule has 41 heavy (non-hydrogen) atoms. The molecule has 0 spiro atoms. The topological polar surface area (TPSA) is 140 Å². The largest absolute Gasteiger partial charge is 0.490 e. The normalized spacial score (nSPS) is 18.6. The Bertz CT molecular complexity index is 1300. The monoisotopic (exact) mass is 601 g/mol. The van der Waals surface area contributed by atoms with Crippen LogP contribution in [-0.2, 0) is 26.8 Å². The number of nitrogens with two attached hydrogens (primary N) is 2. The van der Waals surface area contributed by atoms with Crippen molar-refractivity contribution in [3.8, 4) is 5.75 Å². The van der Waals surface area contributed by atoms with Crippen LogP contribution in [0.15, 0.2) is 83.3 Å². The van der Waals surface area contributed by atoms with Crippen molar-refractivity contribution in [3.05, 3.63) is 78.4 Å². The Balaban J connectivity index is 0.000000309. The van der Waals surface area contributed by atoms with Gasteiger partial charge in [0.05, 0.1) is 33.8 Å². The molecule has 0 aliphatic carbocycles. The molecule has 0 radical (unpaired) electrons. The van der Waals surface area contributed by atoms with Gasteiger partial charge in [-0.15, -0.1) is 0 Å². The van der Waals surface area contributed by atoms with E-state index in [1.54, 1.807) is 12.1 Å². The minimum absolute atomic E-state index is 0.166. The fraction of sp³-hybridized carbons (Fsp3) is 0.367. The van der Waals surface area contributed by atoms with Crippen LogP contribution in [0.25, 0.3) is 0 Å². The molecule has 1 fully saturated rings. The van der Waals surface area contributed by atoms with E-state index in [0.29, 0.717) is 11.5 Å². The Labute approximate surface area is 249 Å². The van der Waals surface area contributed by atoms with Crippen LogP contribution in [0.3, 0.4) is 0 Å². The minimum atomic E-state index is -1.44. The number of amides is 1. The van der Waals surface area contributed by atoms with Crippen LogP contribution < -0.4 is 30.5 Å². The first-order valence-electron chi connectivity index (χ1n) is 13.6.